The molecule has 21 heavy (non-hydrogen) atoms. The molecule has 0 aliphatic carbocycles. The van der Waals surface area contributed by atoms with Gasteiger partial charge in [0.2, 0.25) is 5.91 Å². The van der Waals surface area contributed by atoms with Crippen LogP contribution in [0.15, 0.2) is 60.7 Å². The molecule has 1 fully saturated rings. The predicted molar refractivity (Wildman–Crippen MR) is 86.3 cm³/mol. The molecule has 0 radical (unpaired) electrons. The van der Waals surface area contributed by atoms with E-state index in [1.54, 1.807) is 4.90 Å². The third kappa shape index (κ3) is 3.26. The lowest BCUT2D eigenvalue weighted by Gasteiger charge is -2.19. The first-order chi connectivity index (χ1) is 9.75. The van der Waals surface area contributed by atoms with Crippen molar-refractivity contribution >= 4 is 18.3 Å². The summed E-state index contributed by atoms with van der Waals surface area (Å²) in [5, 5.41) is 3.43. The van der Waals surface area contributed by atoms with Gasteiger partial charge in [-0.25, -0.2) is 0 Å². The Kier molecular flexibility index (Phi) is 4.99. The van der Waals surface area contributed by atoms with Crippen molar-refractivity contribution in [3.05, 3.63) is 71.8 Å². The molecule has 0 saturated carbocycles. The van der Waals surface area contributed by atoms with Gasteiger partial charge in [0.1, 0.15) is 6.17 Å². The second-order valence-corrected chi connectivity index (χ2v) is 5.17. The maximum absolute atomic E-state index is 12.4. The highest BCUT2D eigenvalue weighted by molar-refractivity contribution is 5.85. The summed E-state index contributed by atoms with van der Waals surface area (Å²) >= 11 is 0. The number of rotatable bonds is 3. The molecule has 0 bridgehead atoms. The number of hydrogen-bond donors (Lipinski definition) is 1. The number of amides is 1. The van der Waals surface area contributed by atoms with Gasteiger partial charge in [-0.05, 0) is 17.5 Å². The van der Waals surface area contributed by atoms with Gasteiger partial charge in [0, 0.05) is 7.05 Å². The van der Waals surface area contributed by atoms with Gasteiger partial charge in [-0.2, -0.15) is 0 Å². The SMILES string of the molecule is CN1C(=O)[C@@H](Cc2ccccc2)N[C@H]1c1ccccc1.Cl. The topological polar surface area (TPSA) is 32.3 Å². The lowest BCUT2D eigenvalue weighted by Crippen LogP contribution is -2.31. The zero-order valence-electron chi connectivity index (χ0n) is 11.9. The van der Waals surface area contributed by atoms with Gasteiger partial charge in [-0.3, -0.25) is 10.1 Å². The number of benzene rings is 2. The van der Waals surface area contributed by atoms with Crippen molar-refractivity contribution in [3.8, 4) is 0 Å². The first kappa shape index (κ1) is 15.5. The Morgan fingerprint density at radius 2 is 1.57 bits per heavy atom. The zero-order valence-corrected chi connectivity index (χ0v) is 12.7. The molecule has 2 atom stereocenters. The van der Waals surface area contributed by atoms with E-state index < -0.39 is 0 Å². The smallest absolute Gasteiger partial charge is 0.241 e. The van der Waals surface area contributed by atoms with Crippen molar-refractivity contribution in [2.75, 3.05) is 7.05 Å². The Bertz CT molecular complexity index is 588. The molecule has 0 aromatic heterocycles. The molecule has 1 aliphatic heterocycles. The Morgan fingerprint density at radius 3 is 2.19 bits per heavy atom. The number of likely N-dealkylation sites (N-methyl/N-ethyl adjacent to an activating group) is 1. The molecule has 110 valence electrons. The minimum absolute atomic E-state index is 0. The number of nitrogens with zero attached hydrogens (tertiary/aromatic N) is 1. The first-order valence-electron chi connectivity index (χ1n) is 6.87. The van der Waals surface area contributed by atoms with Crippen LogP contribution in [-0.2, 0) is 11.2 Å². The Morgan fingerprint density at radius 1 is 1.00 bits per heavy atom. The van der Waals surface area contributed by atoms with Gasteiger partial charge in [0.25, 0.3) is 0 Å². The molecule has 1 amide bonds. The Balaban J connectivity index is 0.00000161. The molecule has 4 heteroatoms. The molecule has 1 heterocycles. The van der Waals surface area contributed by atoms with E-state index in [4.69, 9.17) is 0 Å². The highest BCUT2D eigenvalue weighted by Crippen LogP contribution is 2.24. The van der Waals surface area contributed by atoms with Crippen LogP contribution in [0.1, 0.15) is 17.3 Å². The molecule has 1 aliphatic rings. The molecular formula is C17H19ClN2O. The lowest BCUT2D eigenvalue weighted by molar-refractivity contribution is -0.128. The van der Waals surface area contributed by atoms with Crippen molar-refractivity contribution in [2.45, 2.75) is 18.6 Å². The lowest BCUT2D eigenvalue weighted by atomic mass is 10.1. The van der Waals surface area contributed by atoms with Gasteiger partial charge in [-0.1, -0.05) is 60.7 Å². The van der Waals surface area contributed by atoms with E-state index in [1.807, 2.05) is 55.6 Å². The molecule has 3 rings (SSSR count). The fourth-order valence-electron chi connectivity index (χ4n) is 2.70. The number of hydrogen-bond acceptors (Lipinski definition) is 2. The average Bonchev–Trinajstić information content (AvgIpc) is 2.78. The minimum atomic E-state index is -0.146. The quantitative estimate of drug-likeness (QED) is 0.945. The van der Waals surface area contributed by atoms with Crippen LogP contribution in [0.3, 0.4) is 0 Å². The van der Waals surface area contributed by atoms with Gasteiger partial charge >= 0.3 is 0 Å². The maximum atomic E-state index is 12.4. The molecule has 1 saturated heterocycles. The highest BCUT2D eigenvalue weighted by atomic mass is 35.5. The van der Waals surface area contributed by atoms with Crippen molar-refractivity contribution in [2.24, 2.45) is 0 Å². The summed E-state index contributed by atoms with van der Waals surface area (Å²) in [5.41, 5.74) is 2.30. The van der Waals surface area contributed by atoms with Crippen molar-refractivity contribution < 1.29 is 4.79 Å². The van der Waals surface area contributed by atoms with Crippen molar-refractivity contribution in [1.29, 1.82) is 0 Å². The Hall–Kier alpha value is -1.84. The zero-order chi connectivity index (χ0) is 13.9. The highest BCUT2D eigenvalue weighted by Gasteiger charge is 2.36. The van der Waals surface area contributed by atoms with Gasteiger partial charge < -0.3 is 4.90 Å². The number of carbonyl (C=O) groups excluding carboxylic acids is 1. The summed E-state index contributed by atoms with van der Waals surface area (Å²) in [6.07, 6.45) is 0.699. The van der Waals surface area contributed by atoms with Gasteiger partial charge in [0.05, 0.1) is 6.04 Å². The van der Waals surface area contributed by atoms with Gasteiger partial charge in [0.15, 0.2) is 0 Å². The third-order valence-electron chi connectivity index (χ3n) is 3.79. The third-order valence-corrected chi connectivity index (χ3v) is 3.79. The number of halogens is 1. The summed E-state index contributed by atoms with van der Waals surface area (Å²) in [7, 11) is 1.86. The maximum Gasteiger partial charge on any atom is 0.241 e. The van der Waals surface area contributed by atoms with Crippen molar-refractivity contribution in [3.63, 3.8) is 0 Å². The summed E-state index contributed by atoms with van der Waals surface area (Å²) in [6.45, 7) is 0. The van der Waals surface area contributed by atoms with E-state index in [2.05, 4.69) is 17.4 Å². The molecule has 1 N–H and O–H groups in total. The van der Waals surface area contributed by atoms with E-state index in [1.165, 1.54) is 5.56 Å². The largest absolute Gasteiger partial charge is 0.325 e. The van der Waals surface area contributed by atoms with Crippen LogP contribution in [0.5, 0.6) is 0 Å². The summed E-state index contributed by atoms with van der Waals surface area (Å²) in [4.78, 5) is 14.2. The fraction of sp³-hybridized carbons (Fsp3) is 0.235. The van der Waals surface area contributed by atoms with E-state index in [0.29, 0.717) is 0 Å². The molecule has 2 aromatic carbocycles. The second kappa shape index (κ2) is 6.74. The summed E-state index contributed by atoms with van der Waals surface area (Å²) in [5.74, 6) is 0.155. The average molecular weight is 303 g/mol. The van der Waals surface area contributed by atoms with Crippen molar-refractivity contribution in [1.82, 2.24) is 10.2 Å². The summed E-state index contributed by atoms with van der Waals surface area (Å²) in [6, 6.07) is 20.1. The molecule has 0 unspecified atom stereocenters. The summed E-state index contributed by atoms with van der Waals surface area (Å²) < 4.78 is 0. The van der Waals surface area contributed by atoms with Gasteiger partial charge in [-0.15, -0.1) is 12.4 Å². The molecular weight excluding hydrogens is 284 g/mol. The van der Waals surface area contributed by atoms with Crippen LogP contribution >= 0.6 is 12.4 Å². The molecule has 0 spiro atoms. The predicted octanol–water partition coefficient (Wildman–Crippen LogP) is 2.78. The van der Waals surface area contributed by atoms with E-state index in [9.17, 15) is 4.79 Å². The first-order valence-corrected chi connectivity index (χ1v) is 6.87. The fourth-order valence-corrected chi connectivity index (χ4v) is 2.70. The standard InChI is InChI=1S/C17H18N2O.ClH/c1-19-16(14-10-6-3-7-11-14)18-15(17(19)20)12-13-8-4-2-5-9-13;/h2-11,15-16,18H,12H2,1H3;1H/t15-,16-;/m1./s1. The molecule has 2 aromatic rings. The van der Waals surface area contributed by atoms with Crippen LogP contribution in [0.4, 0.5) is 0 Å². The number of nitrogens with one attached hydrogen (secondary N) is 1. The number of carbonyl (C=O) groups is 1. The van der Waals surface area contributed by atoms with Crippen LogP contribution < -0.4 is 5.32 Å². The van der Waals surface area contributed by atoms with Crippen LogP contribution in [-0.4, -0.2) is 23.9 Å². The second-order valence-electron chi connectivity index (χ2n) is 5.17. The van der Waals surface area contributed by atoms with E-state index >= 15 is 0 Å². The van der Waals surface area contributed by atoms with Crippen LogP contribution in [0.25, 0.3) is 0 Å². The van der Waals surface area contributed by atoms with E-state index in [-0.39, 0.29) is 30.5 Å². The van der Waals surface area contributed by atoms with E-state index in [0.717, 1.165) is 12.0 Å². The van der Waals surface area contributed by atoms with Crippen LogP contribution in [0.2, 0.25) is 0 Å². The monoisotopic (exact) mass is 302 g/mol. The normalized spacial score (nSPS) is 21.2. The Labute approximate surface area is 131 Å². The minimum Gasteiger partial charge on any atom is -0.325 e. The molecule has 3 nitrogen and oxygen atoms in total. The van der Waals surface area contributed by atoms with Crippen LogP contribution in [0, 0.1) is 0 Å².